The van der Waals surface area contributed by atoms with Crippen LogP contribution >= 0.6 is 23.2 Å². The van der Waals surface area contributed by atoms with Crippen LogP contribution in [0.3, 0.4) is 0 Å². The van der Waals surface area contributed by atoms with Gasteiger partial charge >= 0.3 is 0 Å². The van der Waals surface area contributed by atoms with Gasteiger partial charge in [0.15, 0.2) is 5.60 Å². The Balaban J connectivity index is 2.22. The molecule has 0 aliphatic carbocycles. The van der Waals surface area contributed by atoms with Gasteiger partial charge in [-0.05, 0) is 31.2 Å². The van der Waals surface area contributed by atoms with Crippen LogP contribution in [-0.4, -0.2) is 16.0 Å². The van der Waals surface area contributed by atoms with E-state index in [-0.39, 0.29) is 11.3 Å². The van der Waals surface area contributed by atoms with Gasteiger partial charge in [-0.25, -0.2) is 4.98 Å². The van der Waals surface area contributed by atoms with E-state index in [1.165, 1.54) is 37.4 Å². The zero-order chi connectivity index (χ0) is 16.3. The predicted octanol–water partition coefficient (Wildman–Crippen LogP) is 3.11. The van der Waals surface area contributed by atoms with E-state index in [9.17, 15) is 9.90 Å². The third-order valence-electron chi connectivity index (χ3n) is 3.06. The molecule has 2 rings (SSSR count). The van der Waals surface area contributed by atoms with E-state index in [1.807, 2.05) is 6.07 Å². The topological polar surface area (TPSA) is 86.0 Å². The third kappa shape index (κ3) is 3.37. The second-order valence-electron chi connectivity index (χ2n) is 4.70. The first-order valence-corrected chi connectivity index (χ1v) is 6.95. The highest BCUT2D eigenvalue weighted by Gasteiger charge is 2.33. The van der Waals surface area contributed by atoms with Crippen molar-refractivity contribution in [2.45, 2.75) is 12.5 Å². The Morgan fingerprint density at radius 2 is 2.05 bits per heavy atom. The molecule has 0 aliphatic heterocycles. The fraction of sp³-hybridized carbons (Fsp3) is 0.133. The number of carbonyl (C=O) groups excluding carboxylic acids is 1. The fourth-order valence-corrected chi connectivity index (χ4v) is 2.00. The average molecular weight is 336 g/mol. The lowest BCUT2D eigenvalue weighted by molar-refractivity contribution is -0.133. The van der Waals surface area contributed by atoms with Crippen molar-refractivity contribution in [3.63, 3.8) is 0 Å². The Hall–Kier alpha value is -2.13. The monoisotopic (exact) mass is 335 g/mol. The Bertz CT molecular complexity index is 752. The van der Waals surface area contributed by atoms with Gasteiger partial charge in [-0.15, -0.1) is 0 Å². The molecule has 7 heteroatoms. The molecule has 0 saturated carbocycles. The summed E-state index contributed by atoms with van der Waals surface area (Å²) in [6.45, 7) is 1.34. The molecule has 2 aromatic rings. The molecule has 0 spiro atoms. The summed E-state index contributed by atoms with van der Waals surface area (Å²) in [5, 5.41) is 22.3. The summed E-state index contributed by atoms with van der Waals surface area (Å²) in [6.07, 6.45) is 1.28. The first-order valence-electron chi connectivity index (χ1n) is 6.20. The van der Waals surface area contributed by atoms with Gasteiger partial charge in [-0.3, -0.25) is 4.79 Å². The maximum atomic E-state index is 12.3. The minimum absolute atomic E-state index is 0.199. The van der Waals surface area contributed by atoms with Crippen LogP contribution in [0.2, 0.25) is 10.0 Å². The molecule has 1 unspecified atom stereocenters. The Morgan fingerprint density at radius 3 is 2.59 bits per heavy atom. The highest BCUT2D eigenvalue weighted by molar-refractivity contribution is 6.42. The molecule has 0 radical (unpaired) electrons. The number of nitrogens with zero attached hydrogens (tertiary/aromatic N) is 2. The molecule has 1 aromatic carbocycles. The first-order chi connectivity index (χ1) is 10.3. The van der Waals surface area contributed by atoms with Crippen LogP contribution in [0.15, 0.2) is 36.5 Å². The van der Waals surface area contributed by atoms with E-state index < -0.39 is 11.5 Å². The molecule has 1 atom stereocenters. The van der Waals surface area contributed by atoms with Crippen molar-refractivity contribution in [2.75, 3.05) is 5.32 Å². The van der Waals surface area contributed by atoms with Crippen LogP contribution in [0, 0.1) is 11.3 Å². The quantitative estimate of drug-likeness (QED) is 0.902. The maximum absolute atomic E-state index is 12.3. The number of benzene rings is 1. The van der Waals surface area contributed by atoms with Crippen molar-refractivity contribution in [3.8, 4) is 6.07 Å². The smallest absolute Gasteiger partial charge is 0.260 e. The first kappa shape index (κ1) is 16.2. The lowest BCUT2D eigenvalue weighted by Crippen LogP contribution is -2.37. The van der Waals surface area contributed by atoms with Crippen molar-refractivity contribution >= 4 is 34.8 Å². The SMILES string of the molecule is CC(O)(C(=O)Nc1ccc(Cl)c(Cl)c1)c1ccc(C#N)nc1. The van der Waals surface area contributed by atoms with Crippen molar-refractivity contribution in [1.82, 2.24) is 4.98 Å². The molecule has 22 heavy (non-hydrogen) atoms. The number of nitriles is 1. The summed E-state index contributed by atoms with van der Waals surface area (Å²) in [5.41, 5.74) is -0.942. The number of halogens is 2. The van der Waals surface area contributed by atoms with Gasteiger partial charge < -0.3 is 10.4 Å². The summed E-state index contributed by atoms with van der Waals surface area (Å²) in [4.78, 5) is 16.1. The van der Waals surface area contributed by atoms with Gasteiger partial charge in [0.05, 0.1) is 10.0 Å². The number of amides is 1. The molecule has 0 fully saturated rings. The van der Waals surface area contributed by atoms with Crippen molar-refractivity contribution in [2.24, 2.45) is 0 Å². The van der Waals surface area contributed by atoms with E-state index in [4.69, 9.17) is 28.5 Å². The molecule has 5 nitrogen and oxygen atoms in total. The number of anilines is 1. The maximum Gasteiger partial charge on any atom is 0.260 e. The number of aromatic nitrogens is 1. The second-order valence-corrected chi connectivity index (χ2v) is 5.51. The van der Waals surface area contributed by atoms with Gasteiger partial charge in [-0.2, -0.15) is 5.26 Å². The van der Waals surface area contributed by atoms with E-state index in [0.29, 0.717) is 15.7 Å². The number of carbonyl (C=O) groups is 1. The summed E-state index contributed by atoms with van der Waals surface area (Å²) in [5.74, 6) is -0.655. The van der Waals surface area contributed by atoms with Crippen LogP contribution < -0.4 is 5.32 Å². The van der Waals surface area contributed by atoms with Crippen LogP contribution in [0.4, 0.5) is 5.69 Å². The zero-order valence-electron chi connectivity index (χ0n) is 11.5. The van der Waals surface area contributed by atoms with Gasteiger partial charge in [0.1, 0.15) is 11.8 Å². The third-order valence-corrected chi connectivity index (χ3v) is 3.80. The average Bonchev–Trinajstić information content (AvgIpc) is 2.51. The summed E-state index contributed by atoms with van der Waals surface area (Å²) in [7, 11) is 0. The molecule has 112 valence electrons. The predicted molar refractivity (Wildman–Crippen MR) is 83.6 cm³/mol. The van der Waals surface area contributed by atoms with Gasteiger partial charge in [0, 0.05) is 17.4 Å². The van der Waals surface area contributed by atoms with Crippen molar-refractivity contribution in [1.29, 1.82) is 5.26 Å². The van der Waals surface area contributed by atoms with E-state index in [0.717, 1.165) is 0 Å². The van der Waals surface area contributed by atoms with Crippen LogP contribution in [0.25, 0.3) is 0 Å². The molecule has 0 saturated heterocycles. The Morgan fingerprint density at radius 1 is 1.32 bits per heavy atom. The number of hydrogen-bond acceptors (Lipinski definition) is 4. The van der Waals surface area contributed by atoms with E-state index in [1.54, 1.807) is 6.07 Å². The van der Waals surface area contributed by atoms with E-state index >= 15 is 0 Å². The van der Waals surface area contributed by atoms with Crippen LogP contribution in [-0.2, 0) is 10.4 Å². The molecule has 0 aliphatic rings. The second kappa shape index (κ2) is 6.32. The molecule has 1 aromatic heterocycles. The van der Waals surface area contributed by atoms with Gasteiger partial charge in [0.25, 0.3) is 5.91 Å². The lowest BCUT2D eigenvalue weighted by atomic mass is 9.96. The standard InChI is InChI=1S/C15H11Cl2N3O2/c1-15(22,9-2-3-11(7-18)19-8-9)14(21)20-10-4-5-12(16)13(17)6-10/h2-6,8,22H,1H3,(H,20,21). The Kier molecular flexibility index (Phi) is 4.67. The lowest BCUT2D eigenvalue weighted by Gasteiger charge is -2.22. The number of pyridine rings is 1. The molecule has 0 bridgehead atoms. The fourth-order valence-electron chi connectivity index (χ4n) is 1.71. The molecule has 2 N–H and O–H groups in total. The zero-order valence-corrected chi connectivity index (χ0v) is 13.0. The number of hydrogen-bond donors (Lipinski definition) is 2. The number of nitrogens with one attached hydrogen (secondary N) is 1. The minimum atomic E-state index is -1.81. The number of rotatable bonds is 3. The summed E-state index contributed by atoms with van der Waals surface area (Å²) >= 11 is 11.7. The van der Waals surface area contributed by atoms with Crippen molar-refractivity contribution in [3.05, 3.63) is 57.8 Å². The highest BCUT2D eigenvalue weighted by atomic mass is 35.5. The summed E-state index contributed by atoms with van der Waals surface area (Å²) in [6, 6.07) is 9.35. The Labute approximate surface area is 137 Å². The highest BCUT2D eigenvalue weighted by Crippen LogP contribution is 2.27. The van der Waals surface area contributed by atoms with Crippen LogP contribution in [0.1, 0.15) is 18.2 Å². The molecular formula is C15H11Cl2N3O2. The molecule has 1 heterocycles. The van der Waals surface area contributed by atoms with Crippen molar-refractivity contribution < 1.29 is 9.90 Å². The normalized spacial score (nSPS) is 13.0. The van der Waals surface area contributed by atoms with Gasteiger partial charge in [0.2, 0.25) is 0 Å². The molecule has 1 amide bonds. The van der Waals surface area contributed by atoms with Crippen LogP contribution in [0.5, 0.6) is 0 Å². The van der Waals surface area contributed by atoms with E-state index in [2.05, 4.69) is 10.3 Å². The minimum Gasteiger partial charge on any atom is -0.375 e. The molecular weight excluding hydrogens is 325 g/mol. The largest absolute Gasteiger partial charge is 0.375 e. The van der Waals surface area contributed by atoms with Gasteiger partial charge in [-0.1, -0.05) is 29.3 Å². The number of aliphatic hydroxyl groups is 1. The summed E-state index contributed by atoms with van der Waals surface area (Å²) < 4.78 is 0.